The Bertz CT molecular complexity index is 496. The van der Waals surface area contributed by atoms with Crippen LogP contribution in [0.2, 0.25) is 0 Å². The van der Waals surface area contributed by atoms with E-state index in [1.807, 2.05) is 6.92 Å². The number of nitrogens with zero attached hydrogens (tertiary/aromatic N) is 3. The van der Waals surface area contributed by atoms with Crippen molar-refractivity contribution >= 4 is 5.91 Å². The number of carbonyl (C=O) groups excluding carboxylic acids is 1. The molecule has 7 nitrogen and oxygen atoms in total. The van der Waals surface area contributed by atoms with Gasteiger partial charge in [0.25, 0.3) is 0 Å². The van der Waals surface area contributed by atoms with E-state index < -0.39 is 11.4 Å². The van der Waals surface area contributed by atoms with Gasteiger partial charge in [0, 0.05) is 18.0 Å². The van der Waals surface area contributed by atoms with Gasteiger partial charge >= 0.3 is 0 Å². The second kappa shape index (κ2) is 7.37. The van der Waals surface area contributed by atoms with Crippen LogP contribution in [0.15, 0.2) is 29.4 Å². The van der Waals surface area contributed by atoms with Crippen LogP contribution in [0.25, 0.3) is 10.4 Å². The largest absolute Gasteiger partial charge is 0.494 e. The quantitative estimate of drug-likeness (QED) is 0.326. The van der Waals surface area contributed by atoms with Gasteiger partial charge in [0.05, 0.1) is 6.61 Å². The molecular formula is C13H19N5O2. The fourth-order valence-corrected chi connectivity index (χ4v) is 1.78. The molecular weight excluding hydrogens is 258 g/mol. The lowest BCUT2D eigenvalue weighted by atomic mass is 9.91. The summed E-state index contributed by atoms with van der Waals surface area (Å²) in [6.07, 6.45) is 0. The van der Waals surface area contributed by atoms with Gasteiger partial charge in [0.1, 0.15) is 11.3 Å². The van der Waals surface area contributed by atoms with E-state index >= 15 is 0 Å². The molecule has 0 aliphatic carbocycles. The van der Waals surface area contributed by atoms with Gasteiger partial charge in [-0.2, -0.15) is 0 Å². The third-order valence-electron chi connectivity index (χ3n) is 2.99. The standard InChI is InChI=1S/C13H19N5O2/c1-3-20-11-6-4-10(5-7-11)13(2,12(14)19)16-8-9-17-18-15/h4-7,16H,3,8-9H2,1-2H3,(H2,14,19). The van der Waals surface area contributed by atoms with Gasteiger partial charge in [-0.1, -0.05) is 17.2 Å². The van der Waals surface area contributed by atoms with E-state index in [0.29, 0.717) is 13.2 Å². The molecule has 0 aliphatic rings. The van der Waals surface area contributed by atoms with Crippen molar-refractivity contribution in [3.8, 4) is 5.75 Å². The average molecular weight is 277 g/mol. The Hall–Kier alpha value is -2.24. The maximum atomic E-state index is 11.7. The van der Waals surface area contributed by atoms with E-state index in [1.165, 1.54) is 0 Å². The number of amides is 1. The van der Waals surface area contributed by atoms with E-state index in [0.717, 1.165) is 11.3 Å². The number of rotatable bonds is 8. The number of nitrogens with one attached hydrogen (secondary N) is 1. The van der Waals surface area contributed by atoms with Gasteiger partial charge in [0.2, 0.25) is 5.91 Å². The minimum Gasteiger partial charge on any atom is -0.494 e. The Kier molecular flexibility index (Phi) is 5.83. The van der Waals surface area contributed by atoms with E-state index in [4.69, 9.17) is 16.0 Å². The summed E-state index contributed by atoms with van der Waals surface area (Å²) >= 11 is 0. The highest BCUT2D eigenvalue weighted by Crippen LogP contribution is 2.23. The van der Waals surface area contributed by atoms with Crippen LogP contribution in [-0.2, 0) is 10.3 Å². The van der Waals surface area contributed by atoms with Gasteiger partial charge in [-0.05, 0) is 37.1 Å². The van der Waals surface area contributed by atoms with Crippen LogP contribution in [0.3, 0.4) is 0 Å². The van der Waals surface area contributed by atoms with Crippen LogP contribution in [-0.4, -0.2) is 25.6 Å². The molecule has 0 fully saturated rings. The molecule has 1 aromatic rings. The Labute approximate surface area is 117 Å². The normalized spacial score (nSPS) is 13.1. The zero-order valence-electron chi connectivity index (χ0n) is 11.7. The van der Waals surface area contributed by atoms with Crippen LogP contribution in [0.4, 0.5) is 0 Å². The number of primary amides is 1. The summed E-state index contributed by atoms with van der Waals surface area (Å²) in [6.45, 7) is 4.78. The summed E-state index contributed by atoms with van der Waals surface area (Å²) < 4.78 is 5.36. The molecule has 1 atom stereocenters. The van der Waals surface area contributed by atoms with Crippen molar-refractivity contribution in [3.05, 3.63) is 40.3 Å². The van der Waals surface area contributed by atoms with Gasteiger partial charge in [-0.25, -0.2) is 0 Å². The number of benzene rings is 1. The molecule has 1 amide bonds. The molecule has 3 N–H and O–H groups in total. The maximum absolute atomic E-state index is 11.7. The van der Waals surface area contributed by atoms with Crippen molar-refractivity contribution < 1.29 is 9.53 Å². The Morgan fingerprint density at radius 1 is 1.50 bits per heavy atom. The Morgan fingerprint density at radius 3 is 2.65 bits per heavy atom. The first kappa shape index (κ1) is 15.8. The predicted molar refractivity (Wildman–Crippen MR) is 76.2 cm³/mol. The van der Waals surface area contributed by atoms with Crippen LogP contribution in [0.1, 0.15) is 19.4 Å². The molecule has 0 bridgehead atoms. The second-order valence-electron chi connectivity index (χ2n) is 4.33. The number of nitrogens with two attached hydrogens (primary N) is 1. The SMILES string of the molecule is CCOc1ccc(C(C)(NCCN=[N+]=[N-])C(N)=O)cc1. The molecule has 0 aliphatic heterocycles. The molecule has 0 saturated heterocycles. The Morgan fingerprint density at radius 2 is 2.15 bits per heavy atom. The first-order chi connectivity index (χ1) is 9.54. The molecule has 0 saturated carbocycles. The van der Waals surface area contributed by atoms with E-state index in [-0.39, 0.29) is 6.54 Å². The van der Waals surface area contributed by atoms with Crippen LogP contribution < -0.4 is 15.8 Å². The average Bonchev–Trinajstić information content (AvgIpc) is 2.44. The highest BCUT2D eigenvalue weighted by atomic mass is 16.5. The molecule has 1 rings (SSSR count). The van der Waals surface area contributed by atoms with Gasteiger partial charge in [-0.15, -0.1) is 0 Å². The predicted octanol–water partition coefficient (Wildman–Crippen LogP) is 1.69. The zero-order valence-corrected chi connectivity index (χ0v) is 11.7. The summed E-state index contributed by atoms with van der Waals surface area (Å²) in [7, 11) is 0. The third kappa shape index (κ3) is 3.88. The molecule has 1 aromatic carbocycles. The topological polar surface area (TPSA) is 113 Å². The third-order valence-corrected chi connectivity index (χ3v) is 2.99. The number of ether oxygens (including phenoxy) is 1. The van der Waals surface area contributed by atoms with Crippen molar-refractivity contribution in [1.29, 1.82) is 0 Å². The fraction of sp³-hybridized carbons (Fsp3) is 0.462. The van der Waals surface area contributed by atoms with E-state index in [9.17, 15) is 4.79 Å². The van der Waals surface area contributed by atoms with Gasteiger partial charge in [0.15, 0.2) is 0 Å². The van der Waals surface area contributed by atoms with Crippen molar-refractivity contribution in [2.45, 2.75) is 19.4 Å². The summed E-state index contributed by atoms with van der Waals surface area (Å²) in [4.78, 5) is 14.4. The lowest BCUT2D eigenvalue weighted by Gasteiger charge is -2.28. The van der Waals surface area contributed by atoms with Crippen molar-refractivity contribution in [3.63, 3.8) is 0 Å². The highest BCUT2D eigenvalue weighted by molar-refractivity contribution is 5.85. The van der Waals surface area contributed by atoms with Crippen molar-refractivity contribution in [2.24, 2.45) is 10.8 Å². The number of hydrogen-bond donors (Lipinski definition) is 2. The molecule has 0 radical (unpaired) electrons. The smallest absolute Gasteiger partial charge is 0.242 e. The van der Waals surface area contributed by atoms with Gasteiger partial charge in [-0.3, -0.25) is 10.1 Å². The fourth-order valence-electron chi connectivity index (χ4n) is 1.78. The minimum absolute atomic E-state index is 0.246. The van der Waals surface area contributed by atoms with E-state index in [2.05, 4.69) is 15.3 Å². The first-order valence-electron chi connectivity index (χ1n) is 6.33. The molecule has 1 unspecified atom stereocenters. The highest BCUT2D eigenvalue weighted by Gasteiger charge is 2.32. The summed E-state index contributed by atoms with van der Waals surface area (Å²) in [5.41, 5.74) is 13.4. The zero-order chi connectivity index (χ0) is 15.0. The summed E-state index contributed by atoms with van der Waals surface area (Å²) in [5, 5.41) is 6.43. The number of hydrogen-bond acceptors (Lipinski definition) is 4. The van der Waals surface area contributed by atoms with Crippen LogP contribution >= 0.6 is 0 Å². The molecule has 108 valence electrons. The lowest BCUT2D eigenvalue weighted by Crippen LogP contribution is -2.51. The summed E-state index contributed by atoms with van der Waals surface area (Å²) in [6, 6.07) is 7.15. The monoisotopic (exact) mass is 277 g/mol. The first-order valence-corrected chi connectivity index (χ1v) is 6.33. The number of azide groups is 1. The van der Waals surface area contributed by atoms with Crippen LogP contribution in [0, 0.1) is 0 Å². The van der Waals surface area contributed by atoms with Crippen molar-refractivity contribution in [1.82, 2.24) is 5.32 Å². The molecule has 0 aromatic heterocycles. The molecule has 0 spiro atoms. The summed E-state index contributed by atoms with van der Waals surface area (Å²) in [5.74, 6) is 0.236. The molecule has 0 heterocycles. The maximum Gasteiger partial charge on any atom is 0.242 e. The van der Waals surface area contributed by atoms with E-state index in [1.54, 1.807) is 31.2 Å². The van der Waals surface area contributed by atoms with Gasteiger partial charge < -0.3 is 10.5 Å². The second-order valence-corrected chi connectivity index (χ2v) is 4.33. The molecule has 20 heavy (non-hydrogen) atoms. The lowest BCUT2D eigenvalue weighted by molar-refractivity contribution is -0.124. The van der Waals surface area contributed by atoms with Crippen LogP contribution in [0.5, 0.6) is 5.75 Å². The molecule has 7 heteroatoms. The minimum atomic E-state index is -1.02. The number of carbonyl (C=O) groups is 1. The van der Waals surface area contributed by atoms with Crippen molar-refractivity contribution in [2.75, 3.05) is 19.7 Å². The Balaban J connectivity index is 2.88.